The van der Waals surface area contributed by atoms with Gasteiger partial charge in [-0.3, -0.25) is 0 Å². The maximum Gasteiger partial charge on any atom is 0.00671 e. The average Bonchev–Trinajstić information content (AvgIpc) is 2.32. The summed E-state index contributed by atoms with van der Waals surface area (Å²) in [4.78, 5) is 2.71. The summed E-state index contributed by atoms with van der Waals surface area (Å²) in [5, 5.41) is 3.49. The third-order valence-electron chi connectivity index (χ3n) is 4.17. The number of nitrogens with one attached hydrogen (secondary N) is 1. The van der Waals surface area contributed by atoms with Crippen LogP contribution in [0.4, 0.5) is 0 Å². The Hall–Kier alpha value is -0.0800. The van der Waals surface area contributed by atoms with Crippen molar-refractivity contribution >= 4 is 0 Å². The number of unbranched alkanes of at least 4 members (excludes halogenated alkanes) is 3. The molecule has 0 spiro atoms. The molecular formula is C16H34N2. The van der Waals surface area contributed by atoms with Crippen LogP contribution in [0.3, 0.4) is 0 Å². The van der Waals surface area contributed by atoms with E-state index < -0.39 is 0 Å². The lowest BCUT2D eigenvalue weighted by Crippen LogP contribution is -2.41. The molecule has 0 aromatic heterocycles. The lowest BCUT2D eigenvalue weighted by Gasteiger charge is -2.36. The summed E-state index contributed by atoms with van der Waals surface area (Å²) in [6.07, 6.45) is 8.34. The Morgan fingerprint density at radius 3 is 2.50 bits per heavy atom. The van der Waals surface area contributed by atoms with Gasteiger partial charge in [0.25, 0.3) is 0 Å². The van der Waals surface area contributed by atoms with E-state index in [0.29, 0.717) is 6.04 Å². The molecule has 0 amide bonds. The van der Waals surface area contributed by atoms with E-state index in [2.05, 4.69) is 37.9 Å². The molecule has 0 aromatic carbocycles. The molecule has 0 radical (unpaired) electrons. The quantitative estimate of drug-likeness (QED) is 0.665. The molecule has 1 rings (SSSR count). The van der Waals surface area contributed by atoms with E-state index in [1.807, 2.05) is 0 Å². The van der Waals surface area contributed by atoms with E-state index in [1.165, 1.54) is 58.2 Å². The fourth-order valence-corrected chi connectivity index (χ4v) is 2.88. The second-order valence-electron chi connectivity index (χ2n) is 6.55. The number of hydrogen-bond acceptors (Lipinski definition) is 2. The zero-order valence-electron chi connectivity index (χ0n) is 13.0. The van der Waals surface area contributed by atoms with Gasteiger partial charge >= 0.3 is 0 Å². The Labute approximate surface area is 115 Å². The smallest absolute Gasteiger partial charge is 0.00671 e. The largest absolute Gasteiger partial charge is 0.315 e. The van der Waals surface area contributed by atoms with Crippen molar-refractivity contribution in [1.29, 1.82) is 0 Å². The fourth-order valence-electron chi connectivity index (χ4n) is 2.88. The Morgan fingerprint density at radius 2 is 1.78 bits per heavy atom. The van der Waals surface area contributed by atoms with Crippen LogP contribution in [0.25, 0.3) is 0 Å². The normalized spacial score (nSPS) is 25.8. The van der Waals surface area contributed by atoms with Gasteiger partial charge in [0.15, 0.2) is 0 Å². The lowest BCUT2D eigenvalue weighted by molar-refractivity contribution is 0.122. The second-order valence-corrected chi connectivity index (χ2v) is 6.55. The molecule has 0 aromatic rings. The van der Waals surface area contributed by atoms with Gasteiger partial charge in [-0.1, -0.05) is 33.6 Å². The zero-order valence-corrected chi connectivity index (χ0v) is 13.0. The van der Waals surface area contributed by atoms with Gasteiger partial charge < -0.3 is 10.2 Å². The fraction of sp³-hybridized carbons (Fsp3) is 1.00. The molecule has 108 valence electrons. The molecule has 0 bridgehead atoms. The summed E-state index contributed by atoms with van der Waals surface area (Å²) in [6, 6.07) is 1.46. The maximum absolute atomic E-state index is 3.49. The van der Waals surface area contributed by atoms with Gasteiger partial charge in [-0.15, -0.1) is 0 Å². The number of likely N-dealkylation sites (tertiary alicyclic amines) is 1. The summed E-state index contributed by atoms with van der Waals surface area (Å²) >= 11 is 0. The predicted molar refractivity (Wildman–Crippen MR) is 81.0 cm³/mol. The molecule has 2 heteroatoms. The molecule has 18 heavy (non-hydrogen) atoms. The molecule has 0 aliphatic carbocycles. The maximum atomic E-state index is 3.49. The van der Waals surface area contributed by atoms with Crippen molar-refractivity contribution in [3.63, 3.8) is 0 Å². The summed E-state index contributed by atoms with van der Waals surface area (Å²) < 4.78 is 0. The Bertz CT molecular complexity index is 203. The monoisotopic (exact) mass is 254 g/mol. The minimum atomic E-state index is 0.640. The van der Waals surface area contributed by atoms with Crippen molar-refractivity contribution in [2.75, 3.05) is 19.6 Å². The Kier molecular flexibility index (Phi) is 7.92. The molecule has 1 aliphatic heterocycles. The average molecular weight is 254 g/mol. The van der Waals surface area contributed by atoms with Gasteiger partial charge in [0.1, 0.15) is 0 Å². The van der Waals surface area contributed by atoms with Crippen LogP contribution >= 0.6 is 0 Å². The molecular weight excluding hydrogens is 220 g/mol. The van der Waals surface area contributed by atoms with Gasteiger partial charge in [-0.05, 0) is 51.6 Å². The Balaban J connectivity index is 1.96. The number of rotatable bonds is 8. The Morgan fingerprint density at radius 1 is 1.06 bits per heavy atom. The van der Waals surface area contributed by atoms with E-state index in [9.17, 15) is 0 Å². The van der Waals surface area contributed by atoms with E-state index in [0.717, 1.165) is 12.0 Å². The third-order valence-corrected chi connectivity index (χ3v) is 4.17. The van der Waals surface area contributed by atoms with Crippen molar-refractivity contribution in [3.8, 4) is 0 Å². The van der Waals surface area contributed by atoms with Crippen molar-refractivity contribution in [2.45, 2.75) is 78.3 Å². The number of piperidine rings is 1. The van der Waals surface area contributed by atoms with Crippen molar-refractivity contribution in [3.05, 3.63) is 0 Å². The molecule has 2 atom stereocenters. The molecule has 0 saturated carbocycles. The SMILES string of the molecule is CC1CCC(C)N(CCCCCCNC(C)C)C1. The summed E-state index contributed by atoms with van der Waals surface area (Å²) in [6.45, 7) is 13.1. The molecule has 1 heterocycles. The van der Waals surface area contributed by atoms with Gasteiger partial charge in [0.05, 0.1) is 0 Å². The molecule has 1 N–H and O–H groups in total. The third kappa shape index (κ3) is 6.75. The molecule has 2 unspecified atom stereocenters. The first kappa shape index (κ1) is 16.0. The second kappa shape index (κ2) is 8.92. The molecule has 1 saturated heterocycles. The lowest BCUT2D eigenvalue weighted by atomic mass is 9.95. The van der Waals surface area contributed by atoms with Crippen molar-refractivity contribution in [2.24, 2.45) is 5.92 Å². The van der Waals surface area contributed by atoms with Crippen LogP contribution in [0, 0.1) is 5.92 Å². The van der Waals surface area contributed by atoms with E-state index in [-0.39, 0.29) is 0 Å². The summed E-state index contributed by atoms with van der Waals surface area (Å²) in [7, 11) is 0. The standard InChI is InChI=1S/C16H34N2/c1-14(2)17-11-7-5-6-8-12-18-13-15(3)9-10-16(18)4/h14-17H,5-13H2,1-4H3. The summed E-state index contributed by atoms with van der Waals surface area (Å²) in [5.41, 5.74) is 0. The van der Waals surface area contributed by atoms with Crippen LogP contribution < -0.4 is 5.32 Å². The summed E-state index contributed by atoms with van der Waals surface area (Å²) in [5.74, 6) is 0.913. The van der Waals surface area contributed by atoms with Crippen LogP contribution in [0.5, 0.6) is 0 Å². The highest BCUT2D eigenvalue weighted by Crippen LogP contribution is 2.21. The van der Waals surface area contributed by atoms with E-state index in [4.69, 9.17) is 0 Å². The first-order chi connectivity index (χ1) is 8.59. The van der Waals surface area contributed by atoms with Crippen LogP contribution in [-0.2, 0) is 0 Å². The highest BCUT2D eigenvalue weighted by atomic mass is 15.2. The minimum Gasteiger partial charge on any atom is -0.315 e. The van der Waals surface area contributed by atoms with Crippen LogP contribution in [0.15, 0.2) is 0 Å². The van der Waals surface area contributed by atoms with E-state index >= 15 is 0 Å². The number of nitrogens with zero attached hydrogens (tertiary/aromatic N) is 1. The van der Waals surface area contributed by atoms with E-state index in [1.54, 1.807) is 0 Å². The molecule has 1 aliphatic rings. The number of hydrogen-bond donors (Lipinski definition) is 1. The predicted octanol–water partition coefficient (Wildman–Crippen LogP) is 3.67. The van der Waals surface area contributed by atoms with Gasteiger partial charge in [0.2, 0.25) is 0 Å². The van der Waals surface area contributed by atoms with Crippen LogP contribution in [0.2, 0.25) is 0 Å². The van der Waals surface area contributed by atoms with Gasteiger partial charge in [-0.2, -0.15) is 0 Å². The zero-order chi connectivity index (χ0) is 13.4. The molecule has 2 nitrogen and oxygen atoms in total. The molecule has 1 fully saturated rings. The minimum absolute atomic E-state index is 0.640. The highest BCUT2D eigenvalue weighted by molar-refractivity contribution is 4.76. The van der Waals surface area contributed by atoms with Crippen molar-refractivity contribution in [1.82, 2.24) is 10.2 Å². The first-order valence-electron chi connectivity index (χ1n) is 8.07. The topological polar surface area (TPSA) is 15.3 Å². The van der Waals surface area contributed by atoms with Crippen LogP contribution in [-0.4, -0.2) is 36.6 Å². The highest BCUT2D eigenvalue weighted by Gasteiger charge is 2.21. The van der Waals surface area contributed by atoms with Gasteiger partial charge in [-0.25, -0.2) is 0 Å². The van der Waals surface area contributed by atoms with Crippen molar-refractivity contribution < 1.29 is 0 Å². The van der Waals surface area contributed by atoms with Gasteiger partial charge in [0, 0.05) is 18.6 Å². The van der Waals surface area contributed by atoms with Crippen LogP contribution in [0.1, 0.15) is 66.2 Å². The first-order valence-corrected chi connectivity index (χ1v) is 8.07.